The molecule has 0 radical (unpaired) electrons. The van der Waals surface area contributed by atoms with Crippen molar-refractivity contribution in [3.63, 3.8) is 0 Å². The van der Waals surface area contributed by atoms with Crippen LogP contribution in [0.4, 0.5) is 0 Å². The van der Waals surface area contributed by atoms with Crippen LogP contribution in [0.15, 0.2) is 53.7 Å². The molecule has 1 aliphatic rings. The van der Waals surface area contributed by atoms with Crippen molar-refractivity contribution < 1.29 is 19.1 Å². The van der Waals surface area contributed by atoms with Crippen molar-refractivity contribution in [2.45, 2.75) is 19.1 Å². The van der Waals surface area contributed by atoms with Crippen molar-refractivity contribution >= 4 is 11.6 Å². The van der Waals surface area contributed by atoms with Gasteiger partial charge in [0.25, 0.3) is 5.91 Å². The number of rotatable bonds is 6. The lowest BCUT2D eigenvalue weighted by atomic mass is 10.0. The fourth-order valence-electron chi connectivity index (χ4n) is 2.88. The van der Waals surface area contributed by atoms with Crippen molar-refractivity contribution in [1.82, 2.24) is 4.90 Å². The quantitative estimate of drug-likeness (QED) is 0.800. The van der Waals surface area contributed by atoms with Crippen molar-refractivity contribution in [2.24, 2.45) is 5.16 Å². The van der Waals surface area contributed by atoms with Crippen molar-refractivity contribution in [3.05, 3.63) is 59.7 Å². The molecule has 1 atom stereocenters. The first-order valence-corrected chi connectivity index (χ1v) is 8.36. The van der Waals surface area contributed by atoms with Gasteiger partial charge in [0.2, 0.25) is 6.10 Å². The molecule has 0 aromatic heterocycles. The van der Waals surface area contributed by atoms with Crippen LogP contribution in [0.2, 0.25) is 0 Å². The van der Waals surface area contributed by atoms with Crippen LogP contribution in [0, 0.1) is 0 Å². The molecule has 1 amide bonds. The summed E-state index contributed by atoms with van der Waals surface area (Å²) >= 11 is 0. The summed E-state index contributed by atoms with van der Waals surface area (Å²) < 4.78 is 10.6. The number of ether oxygens (including phenoxy) is 2. The molecule has 26 heavy (non-hydrogen) atoms. The van der Waals surface area contributed by atoms with Crippen molar-refractivity contribution in [2.75, 3.05) is 21.3 Å². The largest absolute Gasteiger partial charge is 0.493 e. The number of likely N-dealkylation sites (N-methyl/N-ethyl adjacent to an activating group) is 1. The molecule has 3 rings (SSSR count). The van der Waals surface area contributed by atoms with Crippen molar-refractivity contribution in [3.8, 4) is 11.5 Å². The first-order chi connectivity index (χ1) is 12.6. The van der Waals surface area contributed by atoms with Crippen LogP contribution < -0.4 is 9.47 Å². The second kappa shape index (κ2) is 7.91. The van der Waals surface area contributed by atoms with Crippen LogP contribution in [0.25, 0.3) is 0 Å². The first-order valence-electron chi connectivity index (χ1n) is 8.36. The van der Waals surface area contributed by atoms with E-state index in [4.69, 9.17) is 14.3 Å². The summed E-state index contributed by atoms with van der Waals surface area (Å²) in [5.41, 5.74) is 2.64. The topological polar surface area (TPSA) is 60.4 Å². The van der Waals surface area contributed by atoms with Gasteiger partial charge in [-0.2, -0.15) is 0 Å². The van der Waals surface area contributed by atoms with Gasteiger partial charge in [-0.15, -0.1) is 0 Å². The van der Waals surface area contributed by atoms with Gasteiger partial charge in [0, 0.05) is 25.6 Å². The Morgan fingerprint density at radius 2 is 1.88 bits per heavy atom. The van der Waals surface area contributed by atoms with Crippen LogP contribution in [0.3, 0.4) is 0 Å². The van der Waals surface area contributed by atoms with Crippen LogP contribution >= 0.6 is 0 Å². The normalized spacial score (nSPS) is 15.8. The minimum atomic E-state index is -0.605. The van der Waals surface area contributed by atoms with Gasteiger partial charge < -0.3 is 19.2 Å². The van der Waals surface area contributed by atoms with E-state index in [0.29, 0.717) is 24.5 Å². The van der Waals surface area contributed by atoms with E-state index in [9.17, 15) is 4.79 Å². The molecule has 0 saturated carbocycles. The van der Waals surface area contributed by atoms with E-state index in [1.54, 1.807) is 26.2 Å². The lowest BCUT2D eigenvalue weighted by molar-refractivity contribution is -0.141. The average Bonchev–Trinajstić information content (AvgIpc) is 3.17. The Morgan fingerprint density at radius 1 is 1.15 bits per heavy atom. The molecule has 2 aromatic rings. The SMILES string of the molecule is COc1ccc(C2=NOC(C(=O)N(C)Cc3ccccc3)C2)cc1OC. The zero-order valence-corrected chi connectivity index (χ0v) is 15.1. The molecule has 1 unspecified atom stereocenters. The predicted octanol–water partition coefficient (Wildman–Crippen LogP) is 2.86. The van der Waals surface area contributed by atoms with Gasteiger partial charge in [-0.1, -0.05) is 35.5 Å². The molecule has 6 nitrogen and oxygen atoms in total. The number of carbonyl (C=O) groups is 1. The molecule has 0 aliphatic carbocycles. The van der Waals surface area contributed by atoms with E-state index in [1.807, 2.05) is 48.5 Å². The Hall–Kier alpha value is -3.02. The highest BCUT2D eigenvalue weighted by Gasteiger charge is 2.31. The average molecular weight is 354 g/mol. The monoisotopic (exact) mass is 354 g/mol. The minimum Gasteiger partial charge on any atom is -0.493 e. The maximum Gasteiger partial charge on any atom is 0.266 e. The summed E-state index contributed by atoms with van der Waals surface area (Å²) in [5.74, 6) is 1.17. The van der Waals surface area contributed by atoms with Gasteiger partial charge in [-0.3, -0.25) is 4.79 Å². The number of benzene rings is 2. The number of hydrogen-bond donors (Lipinski definition) is 0. The van der Waals surface area contributed by atoms with Gasteiger partial charge >= 0.3 is 0 Å². The number of amides is 1. The smallest absolute Gasteiger partial charge is 0.266 e. The number of oxime groups is 1. The Balaban J connectivity index is 1.65. The minimum absolute atomic E-state index is 0.0897. The Kier molecular flexibility index (Phi) is 5.41. The second-order valence-corrected chi connectivity index (χ2v) is 6.09. The molecular weight excluding hydrogens is 332 g/mol. The molecular formula is C20H22N2O4. The highest BCUT2D eigenvalue weighted by Crippen LogP contribution is 2.29. The summed E-state index contributed by atoms with van der Waals surface area (Å²) in [6, 6.07) is 15.4. The molecule has 136 valence electrons. The summed E-state index contributed by atoms with van der Waals surface area (Å²) in [5, 5.41) is 4.10. The molecule has 0 saturated heterocycles. The number of nitrogens with zero attached hydrogens (tertiary/aromatic N) is 2. The Labute approximate surface area is 153 Å². The number of hydrogen-bond acceptors (Lipinski definition) is 5. The third-order valence-electron chi connectivity index (χ3n) is 4.30. The Morgan fingerprint density at radius 3 is 2.58 bits per heavy atom. The third-order valence-corrected chi connectivity index (χ3v) is 4.30. The fraction of sp³-hybridized carbons (Fsp3) is 0.300. The van der Waals surface area contributed by atoms with E-state index in [-0.39, 0.29) is 5.91 Å². The molecule has 1 aliphatic heterocycles. The van der Waals surface area contributed by atoms with Gasteiger partial charge in [0.15, 0.2) is 11.5 Å². The maximum absolute atomic E-state index is 12.6. The zero-order valence-electron chi connectivity index (χ0n) is 15.1. The lowest BCUT2D eigenvalue weighted by Crippen LogP contribution is -2.36. The van der Waals surface area contributed by atoms with E-state index in [2.05, 4.69) is 5.16 Å². The second-order valence-electron chi connectivity index (χ2n) is 6.09. The van der Waals surface area contributed by atoms with Crippen LogP contribution in [-0.4, -0.2) is 43.9 Å². The zero-order chi connectivity index (χ0) is 18.5. The predicted molar refractivity (Wildman–Crippen MR) is 98.5 cm³/mol. The van der Waals surface area contributed by atoms with E-state index in [1.165, 1.54) is 0 Å². The van der Waals surface area contributed by atoms with Gasteiger partial charge in [0.1, 0.15) is 0 Å². The number of carbonyl (C=O) groups excluding carboxylic acids is 1. The van der Waals surface area contributed by atoms with Crippen LogP contribution in [0.1, 0.15) is 17.5 Å². The van der Waals surface area contributed by atoms with E-state index >= 15 is 0 Å². The highest BCUT2D eigenvalue weighted by molar-refractivity contribution is 6.04. The Bertz CT molecular complexity index is 805. The molecule has 2 aromatic carbocycles. The standard InChI is InChI=1S/C20H22N2O4/c1-22(13-14-7-5-4-6-8-14)20(23)19-12-16(21-26-19)15-9-10-17(24-2)18(11-15)25-3/h4-11,19H,12-13H2,1-3H3. The molecule has 1 heterocycles. The van der Waals surface area contributed by atoms with E-state index in [0.717, 1.165) is 16.8 Å². The fourth-order valence-corrected chi connectivity index (χ4v) is 2.88. The lowest BCUT2D eigenvalue weighted by Gasteiger charge is -2.19. The van der Waals surface area contributed by atoms with Gasteiger partial charge in [-0.25, -0.2) is 0 Å². The number of methoxy groups -OCH3 is 2. The van der Waals surface area contributed by atoms with Gasteiger partial charge in [-0.05, 0) is 23.8 Å². The molecule has 0 bridgehead atoms. The molecule has 0 N–H and O–H groups in total. The molecule has 6 heteroatoms. The molecule has 0 spiro atoms. The maximum atomic E-state index is 12.6. The van der Waals surface area contributed by atoms with Crippen LogP contribution in [0.5, 0.6) is 11.5 Å². The van der Waals surface area contributed by atoms with Crippen molar-refractivity contribution in [1.29, 1.82) is 0 Å². The first kappa shape index (κ1) is 17.8. The highest BCUT2D eigenvalue weighted by atomic mass is 16.6. The summed E-state index contributed by atoms with van der Waals surface area (Å²) in [6.45, 7) is 0.533. The third kappa shape index (κ3) is 3.79. The molecule has 0 fully saturated rings. The van der Waals surface area contributed by atoms with Gasteiger partial charge in [0.05, 0.1) is 19.9 Å². The van der Waals surface area contributed by atoms with Crippen LogP contribution in [-0.2, 0) is 16.2 Å². The summed E-state index contributed by atoms with van der Waals surface area (Å²) in [7, 11) is 4.94. The summed E-state index contributed by atoms with van der Waals surface area (Å²) in [4.78, 5) is 19.7. The van der Waals surface area contributed by atoms with E-state index < -0.39 is 6.10 Å². The summed E-state index contributed by atoms with van der Waals surface area (Å²) in [6.07, 6.45) is -0.181.